The molecular formula is C22H22Br2Cl2SiZr. The van der Waals surface area contributed by atoms with Gasteiger partial charge in [-0.25, -0.2) is 0 Å². The topological polar surface area (TPSA) is 0 Å². The Hall–Kier alpha value is 0.560. The van der Waals surface area contributed by atoms with Gasteiger partial charge in [0.2, 0.25) is 0 Å². The molecule has 4 rings (SSSR count). The maximum absolute atomic E-state index is 3.79. The van der Waals surface area contributed by atoms with Gasteiger partial charge in [0.1, 0.15) is 0 Å². The molecule has 2 aromatic rings. The molecule has 0 saturated carbocycles. The summed E-state index contributed by atoms with van der Waals surface area (Å²) in [5, 5.41) is 0. The second-order valence-corrected chi connectivity index (χ2v) is 27.2. The number of halogens is 4. The van der Waals surface area contributed by atoms with Crippen LogP contribution in [0.5, 0.6) is 0 Å². The van der Waals surface area contributed by atoms with Crippen LogP contribution in [0.2, 0.25) is 13.1 Å². The van der Waals surface area contributed by atoms with Crippen molar-refractivity contribution in [3.05, 3.63) is 78.7 Å². The summed E-state index contributed by atoms with van der Waals surface area (Å²) in [6.45, 7) is 9.90. The van der Waals surface area contributed by atoms with Crippen LogP contribution >= 0.6 is 31.9 Å². The minimum Gasteiger partial charge on any atom is -1.00 e. The van der Waals surface area contributed by atoms with Crippen LogP contribution < -0.4 is 24.8 Å². The monoisotopic (exact) mass is 632 g/mol. The van der Waals surface area contributed by atoms with E-state index in [4.69, 9.17) is 0 Å². The second kappa shape index (κ2) is 9.79. The van der Waals surface area contributed by atoms with Crippen LogP contribution in [0.4, 0.5) is 0 Å². The molecule has 0 spiro atoms. The quantitative estimate of drug-likeness (QED) is 0.441. The number of benzene rings is 2. The Labute approximate surface area is 205 Å². The summed E-state index contributed by atoms with van der Waals surface area (Å²) in [6.07, 6.45) is 4.90. The minimum atomic E-state index is -1.86. The maximum atomic E-state index is 3.79. The fraction of sp³-hybridized carbons (Fsp3) is 0.273. The van der Waals surface area contributed by atoms with Crippen LogP contribution in [0.3, 0.4) is 0 Å². The third-order valence-electron chi connectivity index (χ3n) is 5.65. The number of fused-ring (bicyclic) bond motifs is 2. The third kappa shape index (κ3) is 4.16. The molecule has 0 heterocycles. The van der Waals surface area contributed by atoms with Gasteiger partial charge in [0.05, 0.1) is 0 Å². The van der Waals surface area contributed by atoms with Gasteiger partial charge in [-0.15, -0.1) is 0 Å². The van der Waals surface area contributed by atoms with E-state index in [1.807, 2.05) is 0 Å². The molecule has 2 aliphatic carbocycles. The predicted molar refractivity (Wildman–Crippen MR) is 119 cm³/mol. The van der Waals surface area contributed by atoms with Gasteiger partial charge in [-0.2, -0.15) is 0 Å². The van der Waals surface area contributed by atoms with Crippen LogP contribution in [0.1, 0.15) is 43.4 Å². The molecule has 0 aromatic heterocycles. The standard InChI is InChI=1S/2C10H8Br.C2H6Si.2ClH.Zr/c2*1-7-5-8-3-2-4-10(11)9(8)6-7;1-3-2;;;/h2*2-6H,1H3;1-2H3;2*1H;/q;;;;;+2/p-2. The maximum Gasteiger partial charge on any atom is -1.00 e. The molecule has 2 aliphatic rings. The molecule has 2 aromatic carbocycles. The molecule has 0 aliphatic heterocycles. The van der Waals surface area contributed by atoms with Crippen LogP contribution in [-0.2, 0) is 20.4 Å². The van der Waals surface area contributed by atoms with E-state index in [0.717, 1.165) is 0 Å². The zero-order chi connectivity index (χ0) is 18.6. The van der Waals surface area contributed by atoms with Crippen molar-refractivity contribution < 1.29 is 45.2 Å². The molecular weight excluding hydrogens is 614 g/mol. The first-order valence-electron chi connectivity index (χ1n) is 9.00. The van der Waals surface area contributed by atoms with Crippen molar-refractivity contribution in [2.75, 3.05) is 0 Å². The largest absolute Gasteiger partial charge is 1.00 e. The van der Waals surface area contributed by atoms with Crippen LogP contribution in [0.25, 0.3) is 12.2 Å². The van der Waals surface area contributed by atoms with E-state index in [2.05, 4.69) is 107 Å². The average molecular weight is 636 g/mol. The molecule has 0 bridgehead atoms. The Morgan fingerprint density at radius 3 is 1.50 bits per heavy atom. The number of allylic oxidation sites excluding steroid dienone is 2. The van der Waals surface area contributed by atoms with Gasteiger partial charge in [0.15, 0.2) is 0 Å². The van der Waals surface area contributed by atoms with Gasteiger partial charge in [0.25, 0.3) is 0 Å². The van der Waals surface area contributed by atoms with Gasteiger partial charge in [-0.1, -0.05) is 0 Å². The van der Waals surface area contributed by atoms with E-state index >= 15 is 0 Å². The van der Waals surface area contributed by atoms with Gasteiger partial charge in [-0.05, 0) is 0 Å². The number of hydrogen-bond donors (Lipinski definition) is 0. The van der Waals surface area contributed by atoms with Gasteiger partial charge in [0, 0.05) is 0 Å². The zero-order valence-corrected chi connectivity index (χ0v) is 24.4. The van der Waals surface area contributed by atoms with Crippen LogP contribution in [0.15, 0.2) is 56.5 Å². The summed E-state index contributed by atoms with van der Waals surface area (Å²) < 4.78 is 3.93. The van der Waals surface area contributed by atoms with Crippen molar-refractivity contribution in [3.8, 4) is 0 Å². The van der Waals surface area contributed by atoms with Crippen LogP contribution in [-0.4, -0.2) is 5.43 Å². The fourth-order valence-corrected chi connectivity index (χ4v) is 26.3. The van der Waals surface area contributed by atoms with Crippen molar-refractivity contribution >= 4 is 49.4 Å². The van der Waals surface area contributed by atoms with E-state index < -0.39 is 20.4 Å². The molecule has 2 unspecified atom stereocenters. The summed E-state index contributed by atoms with van der Waals surface area (Å²) in [5.41, 5.74) is 8.93. The molecule has 28 heavy (non-hydrogen) atoms. The van der Waals surface area contributed by atoms with Crippen molar-refractivity contribution in [1.29, 1.82) is 0 Å². The molecule has 2 atom stereocenters. The van der Waals surface area contributed by atoms with Crippen molar-refractivity contribution in [1.82, 2.24) is 0 Å². The fourth-order valence-electron chi connectivity index (χ4n) is 4.60. The number of rotatable bonds is 2. The molecule has 146 valence electrons. The minimum absolute atomic E-state index is 0. The van der Waals surface area contributed by atoms with E-state index in [0.29, 0.717) is 7.25 Å². The summed E-state index contributed by atoms with van der Waals surface area (Å²) in [6, 6.07) is 13.6. The molecule has 0 fully saturated rings. The van der Waals surface area contributed by atoms with Crippen molar-refractivity contribution in [2.24, 2.45) is 0 Å². The molecule has 0 N–H and O–H groups in total. The SMILES string of the molecule is CC1=Cc2c(Br)cccc2[CH]1[Zr+2]([CH]1C(C)=Cc2c(Br)cccc21)=[Si](C)C.[Cl-].[Cl-]. The first-order chi connectivity index (χ1) is 12.4. The van der Waals surface area contributed by atoms with Gasteiger partial charge in [-0.3, -0.25) is 0 Å². The molecule has 6 heteroatoms. The summed E-state index contributed by atoms with van der Waals surface area (Å²) in [4.78, 5) is 0. The van der Waals surface area contributed by atoms with Gasteiger partial charge >= 0.3 is 183 Å². The zero-order valence-electron chi connectivity index (χ0n) is 16.3. The molecule has 0 radical (unpaired) electrons. The summed E-state index contributed by atoms with van der Waals surface area (Å²) in [7, 11) is 0. The summed E-state index contributed by atoms with van der Waals surface area (Å²) in [5.74, 6) is 0. The Morgan fingerprint density at radius 1 is 0.750 bits per heavy atom. The predicted octanol–water partition coefficient (Wildman–Crippen LogP) is 1.71. The number of hydrogen-bond acceptors (Lipinski definition) is 0. The Kier molecular flexibility index (Phi) is 8.68. The smallest absolute Gasteiger partial charge is 1.00 e. The summed E-state index contributed by atoms with van der Waals surface area (Å²) >= 11 is 5.72. The van der Waals surface area contributed by atoms with E-state index in [-0.39, 0.29) is 30.2 Å². The van der Waals surface area contributed by atoms with Crippen molar-refractivity contribution in [2.45, 2.75) is 34.2 Å². The molecule has 0 amide bonds. The Bertz CT molecular complexity index is 948. The molecule has 0 nitrogen and oxygen atoms in total. The first kappa shape index (κ1) is 24.8. The molecule has 0 saturated heterocycles. The van der Waals surface area contributed by atoms with Crippen molar-refractivity contribution in [3.63, 3.8) is 0 Å². The van der Waals surface area contributed by atoms with Crippen LogP contribution in [0, 0.1) is 0 Å². The normalized spacial score (nSPS) is 18.6. The Morgan fingerprint density at radius 2 is 1.14 bits per heavy atom. The van der Waals surface area contributed by atoms with E-state index in [1.165, 1.54) is 20.1 Å². The third-order valence-corrected chi connectivity index (χ3v) is 26.9. The average Bonchev–Trinajstić information content (AvgIpc) is 3.09. The van der Waals surface area contributed by atoms with E-state index in [1.54, 1.807) is 22.3 Å². The van der Waals surface area contributed by atoms with Gasteiger partial charge < -0.3 is 24.8 Å². The Balaban J connectivity index is 0.00000140. The first-order valence-corrected chi connectivity index (χ1v) is 19.6. The second-order valence-electron chi connectivity index (χ2n) is 7.58. The van der Waals surface area contributed by atoms with E-state index in [9.17, 15) is 0 Å².